The van der Waals surface area contributed by atoms with E-state index in [1.807, 2.05) is 36.4 Å². The lowest BCUT2D eigenvalue weighted by molar-refractivity contribution is -0.384. The van der Waals surface area contributed by atoms with Gasteiger partial charge in [-0.05, 0) is 46.7 Å². The van der Waals surface area contributed by atoms with E-state index >= 15 is 0 Å². The molecule has 8 heteroatoms. The van der Waals surface area contributed by atoms with Gasteiger partial charge < -0.3 is 5.32 Å². The summed E-state index contributed by atoms with van der Waals surface area (Å²) in [5.41, 5.74) is 0.916. The molecule has 114 valence electrons. The zero-order valence-corrected chi connectivity index (χ0v) is 14.1. The van der Waals surface area contributed by atoms with Crippen LogP contribution in [0.3, 0.4) is 0 Å². The van der Waals surface area contributed by atoms with Gasteiger partial charge in [-0.2, -0.15) is 5.10 Å². The maximum absolute atomic E-state index is 12.2. The molecule has 0 aliphatic rings. The molecule has 0 aliphatic carbocycles. The first-order chi connectivity index (χ1) is 10.4. The van der Waals surface area contributed by atoms with Crippen molar-refractivity contribution in [1.82, 2.24) is 10.2 Å². The van der Waals surface area contributed by atoms with Crippen molar-refractivity contribution in [2.75, 3.05) is 5.32 Å². The number of halogens is 1. The molecule has 0 bridgehead atoms. The second kappa shape index (κ2) is 6.77. The molecule has 1 amide bonds. The van der Waals surface area contributed by atoms with Crippen LogP contribution in [0.4, 0.5) is 11.5 Å². The van der Waals surface area contributed by atoms with Gasteiger partial charge in [0.15, 0.2) is 5.82 Å². The average molecular weight is 412 g/mol. The van der Waals surface area contributed by atoms with Gasteiger partial charge in [0.05, 0.1) is 16.2 Å². The van der Waals surface area contributed by atoms with Crippen LogP contribution in [0.1, 0.15) is 35.8 Å². The molecule has 1 heterocycles. The molecule has 0 aliphatic heterocycles. The molecule has 2 aromatic rings. The number of benzene rings is 1. The molecule has 0 saturated carbocycles. The predicted octanol–water partition coefficient (Wildman–Crippen LogP) is 3.37. The SMILES string of the molecule is CC(C)c1ccc(NC(=O)c2cc([N+](=O)[O-])ccc2I)nn1. The van der Waals surface area contributed by atoms with E-state index in [2.05, 4.69) is 15.5 Å². The summed E-state index contributed by atoms with van der Waals surface area (Å²) in [6, 6.07) is 7.57. The Morgan fingerprint density at radius 2 is 2.00 bits per heavy atom. The van der Waals surface area contributed by atoms with Crippen molar-refractivity contribution in [3.63, 3.8) is 0 Å². The molecule has 22 heavy (non-hydrogen) atoms. The average Bonchev–Trinajstić information content (AvgIpc) is 2.47. The zero-order chi connectivity index (χ0) is 16.3. The lowest BCUT2D eigenvalue weighted by atomic mass is 10.1. The van der Waals surface area contributed by atoms with Gasteiger partial charge in [0.2, 0.25) is 0 Å². The maximum Gasteiger partial charge on any atom is 0.270 e. The smallest absolute Gasteiger partial charge is 0.270 e. The zero-order valence-electron chi connectivity index (χ0n) is 11.9. The fraction of sp³-hybridized carbons (Fsp3) is 0.214. The Labute approximate surface area is 140 Å². The molecule has 0 atom stereocenters. The molecule has 1 N–H and O–H groups in total. The number of amides is 1. The number of nitrogens with one attached hydrogen (secondary N) is 1. The van der Waals surface area contributed by atoms with Gasteiger partial charge in [0.25, 0.3) is 11.6 Å². The largest absolute Gasteiger partial charge is 0.305 e. The van der Waals surface area contributed by atoms with Crippen molar-refractivity contribution in [1.29, 1.82) is 0 Å². The number of carbonyl (C=O) groups is 1. The van der Waals surface area contributed by atoms with Crippen molar-refractivity contribution < 1.29 is 9.72 Å². The minimum atomic E-state index is -0.538. The summed E-state index contributed by atoms with van der Waals surface area (Å²) >= 11 is 1.95. The molecule has 1 aromatic heterocycles. The summed E-state index contributed by atoms with van der Waals surface area (Å²) in [6.07, 6.45) is 0. The summed E-state index contributed by atoms with van der Waals surface area (Å²) in [5.74, 6) is 0.0892. The number of rotatable bonds is 4. The fourth-order valence-corrected chi connectivity index (χ4v) is 2.28. The molecular formula is C14H13IN4O3. The number of aromatic nitrogens is 2. The first-order valence-corrected chi connectivity index (χ1v) is 7.55. The van der Waals surface area contributed by atoms with Crippen LogP contribution in [0.5, 0.6) is 0 Å². The Morgan fingerprint density at radius 3 is 2.55 bits per heavy atom. The monoisotopic (exact) mass is 412 g/mol. The number of hydrogen-bond acceptors (Lipinski definition) is 5. The van der Waals surface area contributed by atoms with Gasteiger partial charge in [-0.25, -0.2) is 0 Å². The Morgan fingerprint density at radius 1 is 1.27 bits per heavy atom. The second-order valence-corrected chi connectivity index (χ2v) is 6.04. The van der Waals surface area contributed by atoms with Crippen LogP contribution in [0, 0.1) is 13.7 Å². The van der Waals surface area contributed by atoms with E-state index in [0.717, 1.165) is 5.69 Å². The summed E-state index contributed by atoms with van der Waals surface area (Å²) in [6.45, 7) is 3.99. The Hall–Kier alpha value is -2.10. The van der Waals surface area contributed by atoms with Crippen LogP contribution in [0.2, 0.25) is 0 Å². The maximum atomic E-state index is 12.2. The highest BCUT2D eigenvalue weighted by molar-refractivity contribution is 14.1. The Balaban J connectivity index is 2.21. The van der Waals surface area contributed by atoms with E-state index < -0.39 is 10.8 Å². The number of nitrogens with zero attached hydrogens (tertiary/aromatic N) is 3. The number of anilines is 1. The van der Waals surface area contributed by atoms with E-state index in [0.29, 0.717) is 9.39 Å². The van der Waals surface area contributed by atoms with Gasteiger partial charge in [-0.1, -0.05) is 13.8 Å². The lowest BCUT2D eigenvalue weighted by Gasteiger charge is -2.07. The van der Waals surface area contributed by atoms with Crippen molar-refractivity contribution in [2.24, 2.45) is 0 Å². The third-order valence-corrected chi connectivity index (χ3v) is 3.86. The van der Waals surface area contributed by atoms with Crippen molar-refractivity contribution in [3.8, 4) is 0 Å². The summed E-state index contributed by atoms with van der Waals surface area (Å²) in [5, 5.41) is 21.3. The van der Waals surface area contributed by atoms with E-state index in [1.54, 1.807) is 12.1 Å². The topological polar surface area (TPSA) is 98.0 Å². The number of non-ortho nitro benzene ring substituents is 1. The summed E-state index contributed by atoms with van der Waals surface area (Å²) in [4.78, 5) is 22.5. The van der Waals surface area contributed by atoms with Crippen LogP contribution >= 0.6 is 22.6 Å². The Bertz CT molecular complexity index is 717. The normalized spacial score (nSPS) is 10.5. The van der Waals surface area contributed by atoms with Crippen molar-refractivity contribution in [3.05, 3.63) is 55.3 Å². The predicted molar refractivity (Wildman–Crippen MR) is 89.9 cm³/mol. The van der Waals surface area contributed by atoms with Gasteiger partial charge >= 0.3 is 0 Å². The van der Waals surface area contributed by atoms with Crippen LogP contribution < -0.4 is 5.32 Å². The van der Waals surface area contributed by atoms with E-state index in [-0.39, 0.29) is 17.2 Å². The van der Waals surface area contributed by atoms with Crippen molar-refractivity contribution in [2.45, 2.75) is 19.8 Å². The molecule has 0 unspecified atom stereocenters. The van der Waals surface area contributed by atoms with E-state index in [1.165, 1.54) is 18.2 Å². The molecule has 0 fully saturated rings. The minimum Gasteiger partial charge on any atom is -0.305 e. The first-order valence-electron chi connectivity index (χ1n) is 6.47. The molecule has 0 saturated heterocycles. The van der Waals surface area contributed by atoms with Crippen LogP contribution in [-0.4, -0.2) is 21.0 Å². The molecule has 1 aromatic carbocycles. The second-order valence-electron chi connectivity index (χ2n) is 4.87. The number of nitro benzene ring substituents is 1. The lowest BCUT2D eigenvalue weighted by Crippen LogP contribution is -2.15. The van der Waals surface area contributed by atoms with Crippen LogP contribution in [0.15, 0.2) is 30.3 Å². The highest BCUT2D eigenvalue weighted by atomic mass is 127. The number of hydrogen-bond donors (Lipinski definition) is 1. The quantitative estimate of drug-likeness (QED) is 0.472. The van der Waals surface area contributed by atoms with E-state index in [4.69, 9.17) is 0 Å². The van der Waals surface area contributed by atoms with Gasteiger partial charge in [-0.15, -0.1) is 5.10 Å². The molecular weight excluding hydrogens is 399 g/mol. The van der Waals surface area contributed by atoms with Crippen LogP contribution in [0.25, 0.3) is 0 Å². The van der Waals surface area contributed by atoms with Gasteiger partial charge in [0.1, 0.15) is 0 Å². The Kier molecular flexibility index (Phi) is 5.01. The highest BCUT2D eigenvalue weighted by Gasteiger charge is 2.16. The highest BCUT2D eigenvalue weighted by Crippen LogP contribution is 2.20. The molecule has 0 radical (unpaired) electrons. The third kappa shape index (κ3) is 3.75. The third-order valence-electron chi connectivity index (χ3n) is 2.92. The van der Waals surface area contributed by atoms with Crippen LogP contribution in [-0.2, 0) is 0 Å². The van der Waals surface area contributed by atoms with E-state index in [9.17, 15) is 14.9 Å². The summed E-state index contributed by atoms with van der Waals surface area (Å²) in [7, 11) is 0. The molecule has 7 nitrogen and oxygen atoms in total. The van der Waals surface area contributed by atoms with Crippen molar-refractivity contribution >= 4 is 40.0 Å². The summed E-state index contributed by atoms with van der Waals surface area (Å²) < 4.78 is 0.618. The number of carbonyl (C=O) groups excluding carboxylic acids is 1. The molecule has 2 rings (SSSR count). The fourth-order valence-electron chi connectivity index (χ4n) is 1.70. The number of nitro groups is 1. The minimum absolute atomic E-state index is 0.133. The van der Waals surface area contributed by atoms with Gasteiger partial charge in [-0.3, -0.25) is 14.9 Å². The standard InChI is InChI=1S/C14H13IN4O3/c1-8(2)12-5-6-13(18-17-12)16-14(20)10-7-9(19(21)22)3-4-11(10)15/h3-8H,1-2H3,(H,16,18,20). The van der Waals surface area contributed by atoms with Gasteiger partial charge in [0, 0.05) is 15.7 Å². The first kappa shape index (κ1) is 16.3. The molecule has 0 spiro atoms.